The van der Waals surface area contributed by atoms with Gasteiger partial charge in [-0.2, -0.15) is 5.10 Å². The van der Waals surface area contributed by atoms with Crippen LogP contribution in [0.3, 0.4) is 0 Å². The zero-order chi connectivity index (χ0) is 18.1. The lowest BCUT2D eigenvalue weighted by Gasteiger charge is -2.36. The Labute approximate surface area is 150 Å². The molecule has 1 aliphatic carbocycles. The Morgan fingerprint density at radius 3 is 2.46 bits per heavy atom. The van der Waals surface area contributed by atoms with Crippen LogP contribution >= 0.6 is 0 Å². The summed E-state index contributed by atoms with van der Waals surface area (Å²) in [6.45, 7) is 2.65. The molecular weight excluding hydrogens is 334 g/mol. The molecule has 0 atom stereocenters. The zero-order valence-electron chi connectivity index (χ0n) is 14.5. The molecule has 1 N–H and O–H groups in total. The summed E-state index contributed by atoms with van der Waals surface area (Å²) in [5, 5.41) is 18.1. The molecule has 2 aliphatic rings. The quantitative estimate of drug-likeness (QED) is 0.672. The van der Waals surface area contributed by atoms with Crippen molar-refractivity contribution in [1.29, 1.82) is 0 Å². The van der Waals surface area contributed by atoms with Crippen molar-refractivity contribution < 1.29 is 9.72 Å². The molecule has 0 bridgehead atoms. The lowest BCUT2D eigenvalue weighted by atomic mass is 9.95. The molecule has 1 aliphatic heterocycles. The number of nitrogens with one attached hydrogen (secondary N) is 1. The van der Waals surface area contributed by atoms with Crippen molar-refractivity contribution in [3.63, 3.8) is 0 Å². The van der Waals surface area contributed by atoms with Gasteiger partial charge >= 0.3 is 0 Å². The first kappa shape index (κ1) is 16.6. The van der Waals surface area contributed by atoms with E-state index in [1.807, 2.05) is 4.90 Å². The van der Waals surface area contributed by atoms with E-state index in [1.165, 1.54) is 12.1 Å². The van der Waals surface area contributed by atoms with Gasteiger partial charge in [-0.3, -0.25) is 20.0 Å². The Balaban J connectivity index is 1.41. The fourth-order valence-electron chi connectivity index (χ4n) is 3.76. The summed E-state index contributed by atoms with van der Waals surface area (Å²) in [5.41, 5.74) is 3.83. The number of aromatic nitrogens is 2. The maximum absolute atomic E-state index is 12.8. The van der Waals surface area contributed by atoms with Crippen LogP contribution < -0.4 is 4.90 Å². The van der Waals surface area contributed by atoms with E-state index in [0.29, 0.717) is 31.9 Å². The third kappa shape index (κ3) is 3.02. The SMILES string of the molecule is O=C(c1n[nH]c2c1CCCC2)N1CCN(c2ccc([N+](=O)[O-])cc2)CC1. The highest BCUT2D eigenvalue weighted by Gasteiger charge is 2.28. The largest absolute Gasteiger partial charge is 0.368 e. The van der Waals surface area contributed by atoms with E-state index in [4.69, 9.17) is 0 Å². The predicted octanol–water partition coefficient (Wildman–Crippen LogP) is 2.16. The molecule has 1 saturated heterocycles. The fourth-order valence-corrected chi connectivity index (χ4v) is 3.76. The first-order chi connectivity index (χ1) is 12.6. The smallest absolute Gasteiger partial charge is 0.274 e. The van der Waals surface area contributed by atoms with E-state index in [9.17, 15) is 14.9 Å². The molecule has 1 aromatic carbocycles. The minimum absolute atomic E-state index is 0.00718. The molecule has 0 saturated carbocycles. The van der Waals surface area contributed by atoms with Crippen molar-refractivity contribution in [2.24, 2.45) is 0 Å². The van der Waals surface area contributed by atoms with Gasteiger partial charge in [-0.1, -0.05) is 0 Å². The monoisotopic (exact) mass is 355 g/mol. The topological polar surface area (TPSA) is 95.4 Å². The van der Waals surface area contributed by atoms with Crippen molar-refractivity contribution in [1.82, 2.24) is 15.1 Å². The Morgan fingerprint density at radius 2 is 1.77 bits per heavy atom. The third-order valence-electron chi connectivity index (χ3n) is 5.25. The van der Waals surface area contributed by atoms with Crippen molar-refractivity contribution in [2.45, 2.75) is 25.7 Å². The number of piperazine rings is 1. The number of hydrogen-bond donors (Lipinski definition) is 1. The summed E-state index contributed by atoms with van der Waals surface area (Å²) in [4.78, 5) is 27.2. The number of amides is 1. The van der Waals surface area contributed by atoms with Crippen LogP contribution in [-0.2, 0) is 12.8 Å². The first-order valence-corrected chi connectivity index (χ1v) is 8.98. The molecule has 0 unspecified atom stereocenters. The Bertz CT molecular complexity index is 822. The van der Waals surface area contributed by atoms with Crippen molar-refractivity contribution in [3.8, 4) is 0 Å². The van der Waals surface area contributed by atoms with Crippen molar-refractivity contribution >= 4 is 17.3 Å². The van der Waals surface area contributed by atoms with Crippen LogP contribution in [0.1, 0.15) is 34.6 Å². The Hall–Kier alpha value is -2.90. The van der Waals surface area contributed by atoms with Gasteiger partial charge in [0, 0.05) is 55.3 Å². The maximum Gasteiger partial charge on any atom is 0.274 e. The second kappa shape index (κ2) is 6.78. The van der Waals surface area contributed by atoms with Gasteiger partial charge in [0.25, 0.3) is 11.6 Å². The standard InChI is InChI=1S/C18H21N5O3/c24-18(17-15-3-1-2-4-16(15)19-20-17)22-11-9-21(10-12-22)13-5-7-14(8-6-13)23(25)26/h5-8H,1-4,9-12H2,(H,19,20). The van der Waals surface area contributed by atoms with Crippen molar-refractivity contribution in [2.75, 3.05) is 31.1 Å². The van der Waals surface area contributed by atoms with Crippen LogP contribution in [0.4, 0.5) is 11.4 Å². The van der Waals surface area contributed by atoms with Gasteiger partial charge in [0.1, 0.15) is 0 Å². The van der Waals surface area contributed by atoms with E-state index >= 15 is 0 Å². The molecule has 26 heavy (non-hydrogen) atoms. The average molecular weight is 355 g/mol. The predicted molar refractivity (Wildman–Crippen MR) is 96.4 cm³/mol. The third-order valence-corrected chi connectivity index (χ3v) is 5.25. The number of rotatable bonds is 3. The molecule has 4 rings (SSSR count). The van der Waals surface area contributed by atoms with Gasteiger partial charge in [0.15, 0.2) is 5.69 Å². The number of nitro benzene ring substituents is 1. The van der Waals surface area contributed by atoms with Crippen LogP contribution in [0, 0.1) is 10.1 Å². The van der Waals surface area contributed by atoms with Crippen molar-refractivity contribution in [3.05, 3.63) is 51.3 Å². The number of carbonyl (C=O) groups is 1. The Kier molecular flexibility index (Phi) is 4.32. The van der Waals surface area contributed by atoms with Gasteiger partial charge in [0.05, 0.1) is 4.92 Å². The summed E-state index contributed by atoms with van der Waals surface area (Å²) in [6, 6.07) is 6.56. The number of aromatic amines is 1. The number of nitrogens with zero attached hydrogens (tertiary/aromatic N) is 4. The number of non-ortho nitro benzene ring substituents is 1. The normalized spacial score (nSPS) is 17.1. The second-order valence-electron chi connectivity index (χ2n) is 6.79. The highest BCUT2D eigenvalue weighted by atomic mass is 16.6. The van der Waals surface area contributed by atoms with Crippen LogP contribution in [0.2, 0.25) is 0 Å². The molecule has 0 spiro atoms. The molecule has 1 fully saturated rings. The summed E-state index contributed by atoms with van der Waals surface area (Å²) < 4.78 is 0. The van der Waals surface area contributed by atoms with Gasteiger partial charge in [-0.15, -0.1) is 0 Å². The maximum atomic E-state index is 12.8. The number of H-pyrrole nitrogens is 1. The minimum Gasteiger partial charge on any atom is -0.368 e. The molecule has 2 heterocycles. The number of nitro groups is 1. The second-order valence-corrected chi connectivity index (χ2v) is 6.79. The summed E-state index contributed by atoms with van der Waals surface area (Å²) in [5.74, 6) is 0.00718. The van der Waals surface area contributed by atoms with E-state index in [-0.39, 0.29) is 11.6 Å². The van der Waals surface area contributed by atoms with E-state index in [2.05, 4.69) is 15.1 Å². The lowest BCUT2D eigenvalue weighted by molar-refractivity contribution is -0.384. The van der Waals surface area contributed by atoms with Crippen LogP contribution in [0.15, 0.2) is 24.3 Å². The molecule has 1 amide bonds. The van der Waals surface area contributed by atoms with Crippen LogP contribution in [0.5, 0.6) is 0 Å². The van der Waals surface area contributed by atoms with E-state index in [1.54, 1.807) is 12.1 Å². The first-order valence-electron chi connectivity index (χ1n) is 8.98. The number of aryl methyl sites for hydroxylation is 1. The van der Waals surface area contributed by atoms with Gasteiger partial charge < -0.3 is 9.80 Å². The van der Waals surface area contributed by atoms with Crippen LogP contribution in [0.25, 0.3) is 0 Å². The number of carbonyl (C=O) groups excluding carboxylic acids is 1. The van der Waals surface area contributed by atoms with Gasteiger partial charge in [0.2, 0.25) is 0 Å². The molecule has 8 heteroatoms. The minimum atomic E-state index is -0.398. The molecule has 2 aromatic rings. The Morgan fingerprint density at radius 1 is 1.08 bits per heavy atom. The molecule has 136 valence electrons. The highest BCUT2D eigenvalue weighted by Crippen LogP contribution is 2.24. The molecule has 0 radical (unpaired) electrons. The van der Waals surface area contributed by atoms with Crippen LogP contribution in [-0.4, -0.2) is 52.1 Å². The molecule has 1 aromatic heterocycles. The number of hydrogen-bond acceptors (Lipinski definition) is 5. The van der Waals surface area contributed by atoms with E-state index in [0.717, 1.165) is 42.6 Å². The van der Waals surface area contributed by atoms with Gasteiger partial charge in [-0.25, -0.2) is 0 Å². The number of fused-ring (bicyclic) bond motifs is 1. The fraction of sp³-hybridized carbons (Fsp3) is 0.444. The van der Waals surface area contributed by atoms with Gasteiger partial charge in [-0.05, 0) is 37.8 Å². The summed E-state index contributed by atoms with van der Waals surface area (Å²) >= 11 is 0. The van der Waals surface area contributed by atoms with E-state index < -0.39 is 4.92 Å². The number of benzene rings is 1. The summed E-state index contributed by atoms with van der Waals surface area (Å²) in [6.07, 6.45) is 4.16. The lowest BCUT2D eigenvalue weighted by Crippen LogP contribution is -2.49. The molecule has 8 nitrogen and oxygen atoms in total. The summed E-state index contributed by atoms with van der Waals surface area (Å²) in [7, 11) is 0. The number of anilines is 1. The average Bonchev–Trinajstić information content (AvgIpc) is 3.12. The molecular formula is C18H21N5O3. The highest BCUT2D eigenvalue weighted by molar-refractivity contribution is 5.94. The zero-order valence-corrected chi connectivity index (χ0v) is 14.5.